The van der Waals surface area contributed by atoms with Gasteiger partial charge in [0.15, 0.2) is 0 Å². The van der Waals surface area contributed by atoms with Crippen molar-refractivity contribution >= 4 is 22.7 Å². The Hall–Kier alpha value is -3.17. The van der Waals surface area contributed by atoms with Crippen LogP contribution in [0.2, 0.25) is 0 Å². The molecule has 1 heterocycles. The molecule has 6 nitrogen and oxygen atoms in total. The molecule has 1 saturated carbocycles. The molecule has 0 spiro atoms. The van der Waals surface area contributed by atoms with Crippen molar-refractivity contribution in [3.63, 3.8) is 0 Å². The van der Waals surface area contributed by atoms with Gasteiger partial charge in [0, 0.05) is 38.1 Å². The summed E-state index contributed by atoms with van der Waals surface area (Å²) < 4.78 is 0. The summed E-state index contributed by atoms with van der Waals surface area (Å²) in [6.07, 6.45) is 4.45. The van der Waals surface area contributed by atoms with Gasteiger partial charge < -0.3 is 15.5 Å². The predicted molar refractivity (Wildman–Crippen MR) is 128 cm³/mol. The van der Waals surface area contributed by atoms with Gasteiger partial charge in [0.2, 0.25) is 5.95 Å². The fraction of sp³-hybridized carbons (Fsp3) is 0.400. The second kappa shape index (κ2) is 10.2. The van der Waals surface area contributed by atoms with Crippen molar-refractivity contribution in [3.05, 3.63) is 59.7 Å². The van der Waals surface area contributed by atoms with Gasteiger partial charge in [-0.2, -0.15) is 10.2 Å². The molecule has 0 amide bonds. The van der Waals surface area contributed by atoms with Crippen LogP contribution < -0.4 is 15.5 Å². The number of benzene rings is 2. The lowest BCUT2D eigenvalue weighted by Crippen LogP contribution is -2.37. The molecule has 1 aliphatic rings. The zero-order chi connectivity index (χ0) is 20.9. The van der Waals surface area contributed by atoms with Gasteiger partial charge in [-0.3, -0.25) is 0 Å². The van der Waals surface area contributed by atoms with Crippen LogP contribution in [0, 0.1) is 11.3 Å². The quantitative estimate of drug-likeness (QED) is 0.606. The van der Waals surface area contributed by atoms with Gasteiger partial charge >= 0.3 is 0 Å². The van der Waals surface area contributed by atoms with Crippen molar-refractivity contribution in [1.82, 2.24) is 15.3 Å². The summed E-state index contributed by atoms with van der Waals surface area (Å²) in [7, 11) is 4.03. The van der Waals surface area contributed by atoms with Crippen LogP contribution in [-0.2, 0) is 6.54 Å². The van der Waals surface area contributed by atoms with Crippen LogP contribution >= 0.6 is 0 Å². The van der Waals surface area contributed by atoms with E-state index in [4.69, 9.17) is 15.2 Å². The van der Waals surface area contributed by atoms with Crippen LogP contribution in [0.5, 0.6) is 0 Å². The molecule has 1 aliphatic carbocycles. The van der Waals surface area contributed by atoms with Gasteiger partial charge in [0.05, 0.1) is 17.1 Å². The molecule has 4 rings (SSSR count). The fourth-order valence-corrected chi connectivity index (χ4v) is 4.05. The average Bonchev–Trinajstić information content (AvgIpc) is 2.78. The largest absolute Gasteiger partial charge is 0.362 e. The van der Waals surface area contributed by atoms with Crippen LogP contribution in [0.1, 0.15) is 44.2 Å². The number of hydrogen-bond acceptors (Lipinski definition) is 6. The first-order valence-corrected chi connectivity index (χ1v) is 10.6. The maximum atomic E-state index is 8.90. The van der Waals surface area contributed by atoms with Gasteiger partial charge in [-0.1, -0.05) is 31.7 Å². The molecule has 0 saturated heterocycles. The smallest absolute Gasteiger partial charge is 0.225 e. The predicted octanol–water partition coefficient (Wildman–Crippen LogP) is 4.72. The molecular weight excluding hydrogens is 384 g/mol. The van der Waals surface area contributed by atoms with E-state index in [1.165, 1.54) is 5.56 Å². The Morgan fingerprint density at radius 3 is 2.32 bits per heavy atom. The molecule has 3 aromatic rings. The summed E-state index contributed by atoms with van der Waals surface area (Å²) in [6.45, 7) is 0.842. The minimum Gasteiger partial charge on any atom is -0.362 e. The number of rotatable bonds is 6. The summed E-state index contributed by atoms with van der Waals surface area (Å²) in [4.78, 5) is 11.5. The van der Waals surface area contributed by atoms with E-state index in [0.717, 1.165) is 48.9 Å². The molecular formula is C25H32N6. The molecule has 0 unspecified atom stereocenters. The first kappa shape index (κ1) is 22.5. The molecule has 162 valence electrons. The van der Waals surface area contributed by atoms with Crippen LogP contribution in [-0.4, -0.2) is 36.1 Å². The Bertz CT molecular complexity index is 1030. The van der Waals surface area contributed by atoms with Crippen LogP contribution in [0.4, 0.5) is 11.8 Å². The summed E-state index contributed by atoms with van der Waals surface area (Å²) in [6, 6.07) is 19.0. The number of hydrogen-bond donors (Lipinski definition) is 2. The monoisotopic (exact) mass is 416 g/mol. The van der Waals surface area contributed by atoms with E-state index < -0.39 is 0 Å². The molecule has 0 radical (unpaired) electrons. The van der Waals surface area contributed by atoms with Crippen molar-refractivity contribution in [2.24, 2.45) is 0 Å². The Kier molecular flexibility index (Phi) is 7.43. The molecule has 31 heavy (non-hydrogen) atoms. The summed E-state index contributed by atoms with van der Waals surface area (Å²) in [5.41, 5.74) is 2.89. The lowest BCUT2D eigenvalue weighted by molar-refractivity contribution is 0.352. The van der Waals surface area contributed by atoms with E-state index >= 15 is 0 Å². The maximum Gasteiger partial charge on any atom is 0.225 e. The van der Waals surface area contributed by atoms with E-state index in [1.807, 2.05) is 61.5 Å². The van der Waals surface area contributed by atoms with Crippen molar-refractivity contribution in [1.29, 1.82) is 5.26 Å². The molecule has 1 fully saturated rings. The molecule has 1 aromatic heterocycles. The van der Waals surface area contributed by atoms with Gasteiger partial charge in [-0.15, -0.1) is 0 Å². The van der Waals surface area contributed by atoms with E-state index in [0.29, 0.717) is 23.6 Å². The minimum atomic E-state index is 0. The topological polar surface area (TPSA) is 76.9 Å². The number of anilines is 2. The number of aromatic nitrogens is 2. The van der Waals surface area contributed by atoms with Gasteiger partial charge in [0.25, 0.3) is 0 Å². The third-order valence-electron chi connectivity index (χ3n) is 5.75. The molecule has 2 aromatic carbocycles. The van der Waals surface area contributed by atoms with Gasteiger partial charge in [-0.05, 0) is 55.5 Å². The second-order valence-electron chi connectivity index (χ2n) is 8.16. The lowest BCUT2D eigenvalue weighted by atomic mass is 9.91. The number of para-hydroxylation sites is 1. The maximum absolute atomic E-state index is 8.90. The zero-order valence-electron chi connectivity index (χ0n) is 17.6. The Labute approximate surface area is 185 Å². The Balaban J connectivity index is 0.00000272. The zero-order valence-corrected chi connectivity index (χ0v) is 17.6. The third-order valence-corrected chi connectivity index (χ3v) is 5.75. The first-order chi connectivity index (χ1) is 14.6. The molecule has 0 atom stereocenters. The molecule has 0 bridgehead atoms. The Morgan fingerprint density at radius 1 is 0.968 bits per heavy atom. The number of fused-ring (bicyclic) bond motifs is 1. The van der Waals surface area contributed by atoms with Crippen molar-refractivity contribution < 1.29 is 0 Å². The first-order valence-electron chi connectivity index (χ1n) is 10.6. The van der Waals surface area contributed by atoms with Crippen molar-refractivity contribution in [2.45, 2.75) is 51.7 Å². The van der Waals surface area contributed by atoms with E-state index in [-0.39, 0.29) is 7.43 Å². The highest BCUT2D eigenvalue weighted by atomic mass is 15.2. The Morgan fingerprint density at radius 2 is 1.65 bits per heavy atom. The standard InChI is InChI=1S/C24H28N6.CH4/c1-30(2)23-21-5-3-4-6-22(21)28-24(29-23)27-20-13-11-19(12-14-20)26-16-18-9-7-17(15-25)8-10-18;/h3-10,19-20,26H,11-14,16H2,1-2H3,(H,27,28,29);1H4. The minimum absolute atomic E-state index is 0. The SMILES string of the molecule is C.CN(C)c1nc(NC2CCC(NCc3ccc(C#N)cc3)CC2)nc2ccccc12. The summed E-state index contributed by atoms with van der Waals surface area (Å²) in [5, 5.41) is 17.2. The highest BCUT2D eigenvalue weighted by Crippen LogP contribution is 2.26. The summed E-state index contributed by atoms with van der Waals surface area (Å²) >= 11 is 0. The molecule has 6 heteroatoms. The lowest BCUT2D eigenvalue weighted by Gasteiger charge is -2.30. The second-order valence-corrected chi connectivity index (χ2v) is 8.16. The van der Waals surface area contributed by atoms with E-state index in [2.05, 4.69) is 22.8 Å². The van der Waals surface area contributed by atoms with Crippen LogP contribution in [0.15, 0.2) is 48.5 Å². The van der Waals surface area contributed by atoms with Gasteiger partial charge in [-0.25, -0.2) is 4.98 Å². The van der Waals surface area contributed by atoms with Crippen LogP contribution in [0.3, 0.4) is 0 Å². The highest BCUT2D eigenvalue weighted by molar-refractivity contribution is 5.90. The normalized spacial score (nSPS) is 18.1. The van der Waals surface area contributed by atoms with Crippen LogP contribution in [0.25, 0.3) is 10.9 Å². The van der Waals surface area contributed by atoms with E-state index in [9.17, 15) is 0 Å². The fourth-order valence-electron chi connectivity index (χ4n) is 4.05. The number of nitrogens with one attached hydrogen (secondary N) is 2. The van der Waals surface area contributed by atoms with Crippen molar-refractivity contribution in [2.75, 3.05) is 24.3 Å². The average molecular weight is 417 g/mol. The van der Waals surface area contributed by atoms with E-state index in [1.54, 1.807) is 0 Å². The summed E-state index contributed by atoms with van der Waals surface area (Å²) in [5.74, 6) is 1.66. The van der Waals surface area contributed by atoms with Gasteiger partial charge in [0.1, 0.15) is 5.82 Å². The molecule has 2 N–H and O–H groups in total. The van der Waals surface area contributed by atoms with Crippen molar-refractivity contribution in [3.8, 4) is 6.07 Å². The molecule has 0 aliphatic heterocycles. The third kappa shape index (κ3) is 5.50. The number of nitriles is 1. The highest BCUT2D eigenvalue weighted by Gasteiger charge is 2.22. The number of nitrogens with zero attached hydrogens (tertiary/aromatic N) is 4.